The van der Waals surface area contributed by atoms with E-state index >= 15 is 0 Å². The van der Waals surface area contributed by atoms with Gasteiger partial charge in [0.25, 0.3) is 0 Å². The number of carboxylic acids is 1. The Kier molecular flexibility index (Phi) is 5.13. The first-order chi connectivity index (χ1) is 8.79. The fourth-order valence-electron chi connectivity index (χ4n) is 1.41. The quantitative estimate of drug-likeness (QED) is 0.423. The number of carbonyl (C=O) groups is 1. The number of anilines is 2. The zero-order valence-electron chi connectivity index (χ0n) is 10.5. The van der Waals surface area contributed by atoms with Gasteiger partial charge >= 0.3 is 5.97 Å². The summed E-state index contributed by atoms with van der Waals surface area (Å²) in [5, 5.41) is 11.8. The van der Waals surface area contributed by atoms with Crippen LogP contribution in [0.3, 0.4) is 0 Å². The molecule has 7 nitrogen and oxygen atoms in total. The summed E-state index contributed by atoms with van der Waals surface area (Å²) in [4.78, 5) is 10.8. The van der Waals surface area contributed by atoms with E-state index in [-0.39, 0.29) is 5.56 Å². The number of carboxylic acid groups (broad SMARTS) is 1. The number of benzene rings is 1. The normalized spacial score (nSPS) is 11.2. The van der Waals surface area contributed by atoms with Crippen molar-refractivity contribution in [2.45, 2.75) is 6.42 Å². The molecular weight excluding hydrogens is 270 g/mol. The highest BCUT2D eigenvalue weighted by Crippen LogP contribution is 2.19. The zero-order chi connectivity index (χ0) is 14.5. The second-order valence-corrected chi connectivity index (χ2v) is 5.89. The van der Waals surface area contributed by atoms with Crippen molar-refractivity contribution in [2.24, 2.45) is 0 Å². The highest BCUT2D eigenvalue weighted by Gasteiger charge is 2.06. The van der Waals surface area contributed by atoms with Gasteiger partial charge in [0, 0.05) is 13.1 Å². The monoisotopic (exact) mass is 287 g/mol. The average Bonchev–Trinajstić information content (AvgIpc) is 2.29. The van der Waals surface area contributed by atoms with E-state index in [9.17, 15) is 13.2 Å². The minimum Gasteiger partial charge on any atom is -0.478 e. The molecule has 0 amide bonds. The Hall–Kier alpha value is -1.80. The maximum absolute atomic E-state index is 10.8. The zero-order valence-corrected chi connectivity index (χ0v) is 11.3. The molecule has 0 saturated heterocycles. The van der Waals surface area contributed by atoms with E-state index in [0.717, 1.165) is 6.26 Å². The Balaban J connectivity index is 2.49. The van der Waals surface area contributed by atoms with E-state index in [0.29, 0.717) is 30.9 Å². The lowest BCUT2D eigenvalue weighted by atomic mass is 10.1. The summed E-state index contributed by atoms with van der Waals surface area (Å²) in [7, 11) is -3.18. The minimum atomic E-state index is -3.18. The van der Waals surface area contributed by atoms with Gasteiger partial charge in [-0.05, 0) is 24.6 Å². The molecule has 0 radical (unpaired) electrons. The highest BCUT2D eigenvalue weighted by atomic mass is 32.2. The SMILES string of the molecule is CS(=O)(=O)NCCCNc1cc(C(=O)O)ccc1N. The Morgan fingerprint density at radius 2 is 2.05 bits per heavy atom. The van der Waals surface area contributed by atoms with E-state index in [1.54, 1.807) is 0 Å². The number of sulfonamides is 1. The van der Waals surface area contributed by atoms with Crippen LogP contribution in [-0.4, -0.2) is 38.8 Å². The first-order valence-corrected chi connectivity index (χ1v) is 7.50. The van der Waals surface area contributed by atoms with Crippen molar-refractivity contribution in [1.29, 1.82) is 0 Å². The van der Waals surface area contributed by atoms with Gasteiger partial charge in [-0.2, -0.15) is 0 Å². The van der Waals surface area contributed by atoms with Crippen LogP contribution in [0.1, 0.15) is 16.8 Å². The minimum absolute atomic E-state index is 0.144. The molecule has 106 valence electrons. The van der Waals surface area contributed by atoms with Crippen molar-refractivity contribution >= 4 is 27.4 Å². The topological polar surface area (TPSA) is 122 Å². The van der Waals surface area contributed by atoms with Crippen LogP contribution in [0.15, 0.2) is 18.2 Å². The van der Waals surface area contributed by atoms with Crippen LogP contribution in [0.5, 0.6) is 0 Å². The second-order valence-electron chi connectivity index (χ2n) is 4.05. The molecule has 0 fully saturated rings. The van der Waals surface area contributed by atoms with Gasteiger partial charge in [0.15, 0.2) is 0 Å². The smallest absolute Gasteiger partial charge is 0.335 e. The Morgan fingerprint density at radius 3 is 2.63 bits per heavy atom. The molecule has 1 rings (SSSR count). The number of nitrogens with one attached hydrogen (secondary N) is 2. The number of nitrogens with two attached hydrogens (primary N) is 1. The van der Waals surface area contributed by atoms with Gasteiger partial charge in [0.1, 0.15) is 0 Å². The van der Waals surface area contributed by atoms with Crippen molar-refractivity contribution in [3.63, 3.8) is 0 Å². The molecule has 5 N–H and O–H groups in total. The molecule has 0 atom stereocenters. The Bertz CT molecular complexity index is 557. The van der Waals surface area contributed by atoms with E-state index in [1.165, 1.54) is 18.2 Å². The van der Waals surface area contributed by atoms with Crippen molar-refractivity contribution < 1.29 is 18.3 Å². The number of hydrogen-bond acceptors (Lipinski definition) is 5. The van der Waals surface area contributed by atoms with Gasteiger partial charge in [0.2, 0.25) is 10.0 Å². The first kappa shape index (κ1) is 15.3. The standard InChI is InChI=1S/C11H17N3O4S/c1-19(17,18)14-6-2-5-13-10-7-8(11(15)16)3-4-9(10)12/h3-4,7,13-14H,2,5-6,12H2,1H3,(H,15,16). The molecule has 0 aliphatic rings. The summed E-state index contributed by atoms with van der Waals surface area (Å²) in [5.41, 5.74) is 6.82. The van der Waals surface area contributed by atoms with Crippen molar-refractivity contribution in [3.8, 4) is 0 Å². The largest absolute Gasteiger partial charge is 0.478 e. The molecule has 0 aromatic heterocycles. The van der Waals surface area contributed by atoms with Crippen LogP contribution in [-0.2, 0) is 10.0 Å². The fraction of sp³-hybridized carbons (Fsp3) is 0.364. The molecule has 0 unspecified atom stereocenters. The van der Waals surface area contributed by atoms with Crippen molar-refractivity contribution in [2.75, 3.05) is 30.4 Å². The lowest BCUT2D eigenvalue weighted by Gasteiger charge is -2.10. The molecule has 0 heterocycles. The van der Waals surface area contributed by atoms with Gasteiger partial charge in [0.05, 0.1) is 23.2 Å². The molecule has 1 aromatic carbocycles. The molecule has 8 heteroatoms. The van der Waals surface area contributed by atoms with Gasteiger partial charge < -0.3 is 16.2 Å². The highest BCUT2D eigenvalue weighted by molar-refractivity contribution is 7.88. The third-order valence-electron chi connectivity index (χ3n) is 2.33. The number of aromatic carboxylic acids is 1. The summed E-state index contributed by atoms with van der Waals surface area (Å²) in [5.74, 6) is -1.03. The van der Waals surface area contributed by atoms with Crippen LogP contribution in [0.25, 0.3) is 0 Å². The third kappa shape index (κ3) is 5.58. The van der Waals surface area contributed by atoms with E-state index in [4.69, 9.17) is 10.8 Å². The Morgan fingerprint density at radius 1 is 1.37 bits per heavy atom. The van der Waals surface area contributed by atoms with Gasteiger partial charge in [-0.15, -0.1) is 0 Å². The lowest BCUT2D eigenvalue weighted by molar-refractivity contribution is 0.0697. The van der Waals surface area contributed by atoms with Crippen LogP contribution < -0.4 is 15.8 Å². The summed E-state index contributed by atoms with van der Waals surface area (Å²) < 4.78 is 24.0. The molecule has 0 aliphatic carbocycles. The summed E-state index contributed by atoms with van der Waals surface area (Å²) >= 11 is 0. The maximum Gasteiger partial charge on any atom is 0.335 e. The van der Waals surface area contributed by atoms with Crippen molar-refractivity contribution in [3.05, 3.63) is 23.8 Å². The van der Waals surface area contributed by atoms with E-state index in [2.05, 4.69) is 10.0 Å². The van der Waals surface area contributed by atoms with Crippen LogP contribution in [0, 0.1) is 0 Å². The molecular formula is C11H17N3O4S. The maximum atomic E-state index is 10.8. The Labute approximate surface area is 111 Å². The molecule has 0 spiro atoms. The van der Waals surface area contributed by atoms with E-state index < -0.39 is 16.0 Å². The number of rotatable bonds is 7. The van der Waals surface area contributed by atoms with Gasteiger partial charge in [-0.3, -0.25) is 0 Å². The van der Waals surface area contributed by atoms with Gasteiger partial charge in [-0.1, -0.05) is 0 Å². The molecule has 19 heavy (non-hydrogen) atoms. The molecule has 0 aliphatic heterocycles. The summed E-state index contributed by atoms with van der Waals surface area (Å²) in [6.45, 7) is 0.792. The molecule has 0 bridgehead atoms. The number of hydrogen-bond donors (Lipinski definition) is 4. The van der Waals surface area contributed by atoms with Crippen LogP contribution >= 0.6 is 0 Å². The second kappa shape index (κ2) is 6.39. The van der Waals surface area contributed by atoms with Crippen molar-refractivity contribution in [1.82, 2.24) is 4.72 Å². The average molecular weight is 287 g/mol. The predicted molar refractivity (Wildman–Crippen MR) is 73.8 cm³/mol. The lowest BCUT2D eigenvalue weighted by Crippen LogP contribution is -2.24. The summed E-state index contributed by atoms with van der Waals surface area (Å²) in [6, 6.07) is 4.39. The summed E-state index contributed by atoms with van der Waals surface area (Å²) in [6.07, 6.45) is 1.65. The fourth-order valence-corrected chi connectivity index (χ4v) is 1.93. The predicted octanol–water partition coefficient (Wildman–Crippen LogP) is 0.318. The number of nitrogen functional groups attached to an aromatic ring is 1. The molecule has 1 aromatic rings. The van der Waals surface area contributed by atoms with Gasteiger partial charge in [-0.25, -0.2) is 17.9 Å². The third-order valence-corrected chi connectivity index (χ3v) is 3.06. The van der Waals surface area contributed by atoms with Crippen LogP contribution in [0.4, 0.5) is 11.4 Å². The van der Waals surface area contributed by atoms with E-state index in [1.807, 2.05) is 0 Å². The first-order valence-electron chi connectivity index (χ1n) is 5.61. The van der Waals surface area contributed by atoms with Crippen LogP contribution in [0.2, 0.25) is 0 Å². The molecule has 0 saturated carbocycles.